The van der Waals surface area contributed by atoms with Gasteiger partial charge < -0.3 is 15.2 Å². The van der Waals surface area contributed by atoms with E-state index in [1.807, 2.05) is 26.1 Å². The summed E-state index contributed by atoms with van der Waals surface area (Å²) in [7, 11) is 3.52. The fraction of sp³-hybridized carbons (Fsp3) is 0.438. The van der Waals surface area contributed by atoms with Gasteiger partial charge in [0.05, 0.1) is 18.4 Å². The van der Waals surface area contributed by atoms with E-state index in [0.717, 1.165) is 34.9 Å². The lowest BCUT2D eigenvalue weighted by Gasteiger charge is -2.30. The number of aromatic nitrogens is 2. The molecule has 112 valence electrons. The first kappa shape index (κ1) is 13.9. The van der Waals surface area contributed by atoms with Crippen LogP contribution in [0.2, 0.25) is 0 Å². The summed E-state index contributed by atoms with van der Waals surface area (Å²) in [6, 6.07) is 6.10. The van der Waals surface area contributed by atoms with Gasteiger partial charge in [-0.25, -0.2) is 4.68 Å². The molecule has 5 nitrogen and oxygen atoms in total. The van der Waals surface area contributed by atoms with Crippen molar-refractivity contribution in [1.29, 1.82) is 0 Å². The summed E-state index contributed by atoms with van der Waals surface area (Å²) in [5.74, 6) is 1.59. The molecule has 2 aromatic rings. The average molecular weight is 287 g/mol. The van der Waals surface area contributed by atoms with E-state index in [2.05, 4.69) is 18.1 Å². The third-order valence-electron chi connectivity index (χ3n) is 4.03. The van der Waals surface area contributed by atoms with E-state index in [1.165, 1.54) is 5.56 Å². The highest BCUT2D eigenvalue weighted by molar-refractivity contribution is 5.43. The van der Waals surface area contributed by atoms with Crippen LogP contribution >= 0.6 is 0 Å². The van der Waals surface area contributed by atoms with Crippen LogP contribution in [0.1, 0.15) is 41.0 Å². The van der Waals surface area contributed by atoms with Crippen LogP contribution in [0.4, 0.5) is 0 Å². The fourth-order valence-corrected chi connectivity index (χ4v) is 3.07. The van der Waals surface area contributed by atoms with Crippen LogP contribution in [-0.4, -0.2) is 16.9 Å². The van der Waals surface area contributed by atoms with Gasteiger partial charge in [-0.05, 0) is 19.9 Å². The van der Waals surface area contributed by atoms with Crippen LogP contribution in [-0.2, 0) is 7.05 Å². The summed E-state index contributed by atoms with van der Waals surface area (Å²) in [5, 5.41) is 4.42. The Kier molecular flexibility index (Phi) is 3.37. The molecule has 0 fully saturated rings. The number of benzene rings is 1. The molecule has 2 N–H and O–H groups in total. The quantitative estimate of drug-likeness (QED) is 0.922. The number of nitrogens with two attached hydrogens (primary N) is 1. The second-order valence-corrected chi connectivity index (χ2v) is 5.62. The lowest BCUT2D eigenvalue weighted by Crippen LogP contribution is -2.24. The molecule has 5 heteroatoms. The van der Waals surface area contributed by atoms with Gasteiger partial charge in [0.25, 0.3) is 0 Å². The molecule has 0 radical (unpaired) electrons. The van der Waals surface area contributed by atoms with Gasteiger partial charge in [-0.2, -0.15) is 5.10 Å². The van der Waals surface area contributed by atoms with Crippen molar-refractivity contribution in [2.75, 3.05) is 7.11 Å². The van der Waals surface area contributed by atoms with Gasteiger partial charge in [0.1, 0.15) is 11.9 Å². The zero-order chi connectivity index (χ0) is 15.1. The standard InChI is InChI=1S/C16H21N3O2/c1-9-5-6-13-11(7-9)12(17)8-14(21-13)15-10(2)18-19(3)16(15)20-4/h5-7,12,14H,8,17H2,1-4H3. The molecular weight excluding hydrogens is 266 g/mol. The molecule has 2 atom stereocenters. The number of hydrogen-bond donors (Lipinski definition) is 1. The van der Waals surface area contributed by atoms with E-state index < -0.39 is 0 Å². The highest BCUT2D eigenvalue weighted by Gasteiger charge is 2.32. The average Bonchev–Trinajstić information content (AvgIpc) is 2.73. The highest BCUT2D eigenvalue weighted by Crippen LogP contribution is 2.43. The largest absolute Gasteiger partial charge is 0.485 e. The number of ether oxygens (including phenoxy) is 2. The Balaban J connectivity index is 2.02. The zero-order valence-corrected chi connectivity index (χ0v) is 12.9. The Hall–Kier alpha value is -2.01. The number of methoxy groups -OCH3 is 1. The third kappa shape index (κ3) is 2.27. The summed E-state index contributed by atoms with van der Waals surface area (Å²) < 4.78 is 13.4. The topological polar surface area (TPSA) is 62.3 Å². The number of rotatable bonds is 2. The molecule has 0 aliphatic carbocycles. The maximum Gasteiger partial charge on any atom is 0.218 e. The van der Waals surface area contributed by atoms with Gasteiger partial charge in [-0.15, -0.1) is 0 Å². The van der Waals surface area contributed by atoms with E-state index in [4.69, 9.17) is 15.2 Å². The SMILES string of the molecule is COc1c(C2CC(N)c3cc(C)ccc3O2)c(C)nn1C. The van der Waals surface area contributed by atoms with Crippen molar-refractivity contribution in [1.82, 2.24) is 9.78 Å². The monoisotopic (exact) mass is 287 g/mol. The third-order valence-corrected chi connectivity index (χ3v) is 4.03. The lowest BCUT2D eigenvalue weighted by atomic mass is 9.92. The van der Waals surface area contributed by atoms with Gasteiger partial charge in [0.15, 0.2) is 0 Å². The molecule has 0 amide bonds. The molecule has 3 rings (SSSR count). The molecule has 1 aliphatic rings. The molecular formula is C16H21N3O2. The first-order valence-electron chi connectivity index (χ1n) is 7.11. The van der Waals surface area contributed by atoms with E-state index >= 15 is 0 Å². The maximum absolute atomic E-state index is 6.34. The normalized spacial score (nSPS) is 20.8. The minimum Gasteiger partial charge on any atom is -0.485 e. The van der Waals surface area contributed by atoms with Crippen molar-refractivity contribution in [3.8, 4) is 11.6 Å². The van der Waals surface area contributed by atoms with E-state index in [-0.39, 0.29) is 12.1 Å². The van der Waals surface area contributed by atoms with Crippen LogP contribution in [0.3, 0.4) is 0 Å². The van der Waals surface area contributed by atoms with Crippen molar-refractivity contribution in [3.63, 3.8) is 0 Å². The van der Waals surface area contributed by atoms with Crippen molar-refractivity contribution >= 4 is 0 Å². The first-order chi connectivity index (χ1) is 10.0. The molecule has 0 bridgehead atoms. The molecule has 1 aliphatic heterocycles. The van der Waals surface area contributed by atoms with Crippen molar-refractivity contribution < 1.29 is 9.47 Å². The van der Waals surface area contributed by atoms with Gasteiger partial charge in [0.2, 0.25) is 5.88 Å². The molecule has 0 spiro atoms. The zero-order valence-electron chi connectivity index (χ0n) is 12.9. The molecule has 0 saturated carbocycles. The Morgan fingerprint density at radius 1 is 1.38 bits per heavy atom. The Morgan fingerprint density at radius 3 is 2.86 bits per heavy atom. The molecule has 21 heavy (non-hydrogen) atoms. The van der Waals surface area contributed by atoms with E-state index in [0.29, 0.717) is 0 Å². The highest BCUT2D eigenvalue weighted by atomic mass is 16.5. The fourth-order valence-electron chi connectivity index (χ4n) is 3.07. The minimum absolute atomic E-state index is 0.0389. The van der Waals surface area contributed by atoms with Crippen LogP contribution in [0.25, 0.3) is 0 Å². The van der Waals surface area contributed by atoms with Crippen LogP contribution in [0, 0.1) is 13.8 Å². The van der Waals surface area contributed by atoms with Crippen molar-refractivity contribution in [2.45, 2.75) is 32.4 Å². The smallest absolute Gasteiger partial charge is 0.218 e. The summed E-state index contributed by atoms with van der Waals surface area (Å²) >= 11 is 0. The number of aryl methyl sites for hydroxylation is 3. The van der Waals surface area contributed by atoms with Gasteiger partial charge in [0, 0.05) is 25.1 Å². The first-order valence-corrected chi connectivity index (χ1v) is 7.11. The molecule has 0 saturated heterocycles. The number of hydrogen-bond acceptors (Lipinski definition) is 4. The van der Waals surface area contributed by atoms with Crippen LogP contribution < -0.4 is 15.2 Å². The summed E-state index contributed by atoms with van der Waals surface area (Å²) in [6.45, 7) is 4.03. The molecule has 1 aromatic heterocycles. The van der Waals surface area contributed by atoms with Gasteiger partial charge in [-0.3, -0.25) is 0 Å². The lowest BCUT2D eigenvalue weighted by molar-refractivity contribution is 0.156. The molecule has 2 heterocycles. The van der Waals surface area contributed by atoms with Gasteiger partial charge in [-0.1, -0.05) is 17.7 Å². The van der Waals surface area contributed by atoms with Crippen LogP contribution in [0.15, 0.2) is 18.2 Å². The van der Waals surface area contributed by atoms with E-state index in [9.17, 15) is 0 Å². The Labute approximate surface area is 124 Å². The summed E-state index contributed by atoms with van der Waals surface area (Å²) in [4.78, 5) is 0. The number of nitrogens with zero attached hydrogens (tertiary/aromatic N) is 2. The second kappa shape index (κ2) is 5.07. The predicted octanol–water partition coefficient (Wildman–Crippen LogP) is 2.57. The molecule has 2 unspecified atom stereocenters. The number of fused-ring (bicyclic) bond motifs is 1. The summed E-state index contributed by atoms with van der Waals surface area (Å²) in [5.41, 5.74) is 10.5. The Bertz CT molecular complexity index is 678. The van der Waals surface area contributed by atoms with Crippen molar-refractivity contribution in [2.24, 2.45) is 12.8 Å². The van der Waals surface area contributed by atoms with Crippen molar-refractivity contribution in [3.05, 3.63) is 40.6 Å². The van der Waals surface area contributed by atoms with Gasteiger partial charge >= 0.3 is 0 Å². The van der Waals surface area contributed by atoms with Crippen LogP contribution in [0.5, 0.6) is 11.6 Å². The minimum atomic E-state index is -0.126. The predicted molar refractivity (Wildman–Crippen MR) is 80.6 cm³/mol. The van der Waals surface area contributed by atoms with E-state index in [1.54, 1.807) is 11.8 Å². The molecule has 1 aromatic carbocycles. The summed E-state index contributed by atoms with van der Waals surface area (Å²) in [6.07, 6.45) is 0.596. The second-order valence-electron chi connectivity index (χ2n) is 5.62. The Morgan fingerprint density at radius 2 is 2.14 bits per heavy atom. The maximum atomic E-state index is 6.34.